The number of hydrogen-bond donors (Lipinski definition) is 2. The van der Waals surface area contributed by atoms with Crippen LogP contribution in [0.5, 0.6) is 0 Å². The van der Waals surface area contributed by atoms with Crippen molar-refractivity contribution in [2.24, 2.45) is 0 Å². The van der Waals surface area contributed by atoms with Crippen LogP contribution >= 0.6 is 0 Å². The van der Waals surface area contributed by atoms with E-state index in [4.69, 9.17) is 0 Å². The first-order valence-electron chi connectivity index (χ1n) is 13.1. The van der Waals surface area contributed by atoms with E-state index in [2.05, 4.69) is 35.8 Å². The minimum absolute atomic E-state index is 0.0412. The molecule has 0 radical (unpaired) electrons. The molecule has 1 amide bonds. The third-order valence-electron chi connectivity index (χ3n) is 7.29. The summed E-state index contributed by atoms with van der Waals surface area (Å²) in [5.41, 5.74) is 3.44. The Hall–Kier alpha value is -5.03. The molecular weight excluding hydrogens is 509 g/mol. The van der Waals surface area contributed by atoms with Crippen LogP contribution in [0, 0.1) is 5.82 Å². The molecule has 0 spiro atoms. The first kappa shape index (κ1) is 24.0. The number of pyridine rings is 2. The Balaban J connectivity index is 1.30. The van der Waals surface area contributed by atoms with E-state index in [1.54, 1.807) is 41.7 Å². The van der Waals surface area contributed by atoms with Gasteiger partial charge in [0.05, 0.1) is 23.5 Å². The molecule has 2 aromatic carbocycles. The number of fused-ring (bicyclic) bond motifs is 2. The quantitative estimate of drug-likeness (QED) is 0.339. The number of aromatic amines is 1. The van der Waals surface area contributed by atoms with E-state index in [1.807, 2.05) is 30.5 Å². The van der Waals surface area contributed by atoms with Crippen molar-refractivity contribution in [3.63, 3.8) is 0 Å². The predicted molar refractivity (Wildman–Crippen MR) is 149 cm³/mol. The van der Waals surface area contributed by atoms with E-state index < -0.39 is 11.7 Å². The number of carbonyl (C=O) groups is 1. The third kappa shape index (κ3) is 4.16. The van der Waals surface area contributed by atoms with Gasteiger partial charge in [0.15, 0.2) is 5.65 Å². The Bertz CT molecular complexity index is 1840. The highest BCUT2D eigenvalue weighted by atomic mass is 19.1. The second-order valence-corrected chi connectivity index (χ2v) is 9.74. The van der Waals surface area contributed by atoms with Crippen LogP contribution in [0.2, 0.25) is 0 Å². The number of carbonyl (C=O) groups excluding carboxylic acids is 1. The maximum absolute atomic E-state index is 15.7. The van der Waals surface area contributed by atoms with E-state index in [1.165, 1.54) is 16.8 Å². The van der Waals surface area contributed by atoms with Crippen LogP contribution in [-0.2, 0) is 0 Å². The number of benzene rings is 2. The summed E-state index contributed by atoms with van der Waals surface area (Å²) in [4.78, 5) is 24.7. The molecule has 4 aromatic heterocycles. The number of hydrogen-bond acceptors (Lipinski definition) is 7. The van der Waals surface area contributed by atoms with Crippen molar-refractivity contribution in [2.75, 3.05) is 18.0 Å². The molecule has 1 saturated heterocycles. The molecule has 2 N–H and O–H groups in total. The van der Waals surface area contributed by atoms with Crippen molar-refractivity contribution in [3.8, 4) is 16.8 Å². The highest BCUT2D eigenvalue weighted by Gasteiger charge is 2.31. The lowest BCUT2D eigenvalue weighted by molar-refractivity contribution is 0.0968. The van der Waals surface area contributed by atoms with Gasteiger partial charge in [-0.2, -0.15) is 9.78 Å². The van der Waals surface area contributed by atoms with Crippen molar-refractivity contribution < 1.29 is 9.18 Å². The molecule has 7 rings (SSSR count). The molecule has 1 aliphatic heterocycles. The number of nitrogens with one attached hydrogen (secondary N) is 2. The minimum Gasteiger partial charge on any atom is -0.315 e. The second kappa shape index (κ2) is 9.93. The van der Waals surface area contributed by atoms with Crippen LogP contribution in [0.3, 0.4) is 0 Å². The molecule has 11 heteroatoms. The summed E-state index contributed by atoms with van der Waals surface area (Å²) in [5.74, 6) is -0.596. The molecule has 40 heavy (non-hydrogen) atoms. The van der Waals surface area contributed by atoms with Crippen molar-refractivity contribution in [1.82, 2.24) is 40.5 Å². The maximum Gasteiger partial charge on any atom is 0.262 e. The number of H-pyrrole nitrogens is 1. The standard InChI is InChI=1S/C29H24FN9O/c30-25-14-21(39-28-26(36-37-39)4-2-11-32-28)6-8-24(25)29(40)38(22-3-1-10-31-17-22)27-23-7-5-18(20-15-34-35-16-20)13-19(23)9-12-33-27/h2,4-9,11-16,22,31H,1,3,10,17H2,(H,34,35). The Kier molecular flexibility index (Phi) is 5.97. The van der Waals surface area contributed by atoms with Gasteiger partial charge < -0.3 is 5.32 Å². The average molecular weight is 534 g/mol. The van der Waals surface area contributed by atoms with Gasteiger partial charge in [-0.15, -0.1) is 5.10 Å². The summed E-state index contributed by atoms with van der Waals surface area (Å²) in [6.45, 7) is 1.46. The molecule has 5 heterocycles. The molecule has 1 fully saturated rings. The predicted octanol–water partition coefficient (Wildman–Crippen LogP) is 4.29. The molecule has 0 aliphatic carbocycles. The van der Waals surface area contributed by atoms with Gasteiger partial charge in [-0.05, 0) is 66.7 Å². The molecule has 0 saturated carbocycles. The molecular formula is C29H24FN9O. The van der Waals surface area contributed by atoms with Crippen LogP contribution in [0.1, 0.15) is 23.2 Å². The lowest BCUT2D eigenvalue weighted by atomic mass is 10.0. The largest absolute Gasteiger partial charge is 0.315 e. The number of halogens is 1. The molecule has 6 aromatic rings. The van der Waals surface area contributed by atoms with E-state index in [0.29, 0.717) is 29.2 Å². The van der Waals surface area contributed by atoms with Gasteiger partial charge >= 0.3 is 0 Å². The monoisotopic (exact) mass is 533 g/mol. The van der Waals surface area contributed by atoms with Crippen LogP contribution < -0.4 is 10.2 Å². The maximum atomic E-state index is 15.7. The van der Waals surface area contributed by atoms with Crippen molar-refractivity contribution >= 4 is 33.7 Å². The zero-order chi connectivity index (χ0) is 27.1. The van der Waals surface area contributed by atoms with E-state index in [9.17, 15) is 4.79 Å². The molecule has 1 atom stereocenters. The number of piperidine rings is 1. The summed E-state index contributed by atoms with van der Waals surface area (Å²) in [6, 6.07) is 15.7. The minimum atomic E-state index is -0.654. The van der Waals surface area contributed by atoms with Crippen molar-refractivity contribution in [1.29, 1.82) is 0 Å². The Morgan fingerprint density at radius 1 is 1.05 bits per heavy atom. The number of rotatable bonds is 5. The number of amides is 1. The highest BCUT2D eigenvalue weighted by Crippen LogP contribution is 2.32. The van der Waals surface area contributed by atoms with Gasteiger partial charge in [0.1, 0.15) is 17.2 Å². The van der Waals surface area contributed by atoms with Gasteiger partial charge in [0.25, 0.3) is 5.91 Å². The van der Waals surface area contributed by atoms with E-state index in [-0.39, 0.29) is 11.6 Å². The first-order valence-corrected chi connectivity index (χ1v) is 13.1. The summed E-state index contributed by atoms with van der Waals surface area (Å²) in [5, 5.41) is 20.2. The Morgan fingerprint density at radius 3 is 2.83 bits per heavy atom. The SMILES string of the molecule is O=C(c1ccc(-n2nnc3cccnc32)cc1F)N(c1nccc2cc(-c3cn[nH]c3)ccc12)C1CCCNC1. The van der Waals surface area contributed by atoms with Crippen LogP contribution in [0.4, 0.5) is 10.2 Å². The zero-order valence-electron chi connectivity index (χ0n) is 21.3. The summed E-state index contributed by atoms with van der Waals surface area (Å²) >= 11 is 0. The lowest BCUT2D eigenvalue weighted by Gasteiger charge is -2.34. The van der Waals surface area contributed by atoms with Gasteiger partial charge in [-0.3, -0.25) is 14.8 Å². The molecule has 1 unspecified atom stereocenters. The zero-order valence-corrected chi connectivity index (χ0v) is 21.3. The average Bonchev–Trinajstić information content (AvgIpc) is 3.69. The second-order valence-electron chi connectivity index (χ2n) is 9.74. The smallest absolute Gasteiger partial charge is 0.262 e. The molecule has 10 nitrogen and oxygen atoms in total. The van der Waals surface area contributed by atoms with Crippen molar-refractivity contribution in [3.05, 3.63) is 90.8 Å². The number of aromatic nitrogens is 7. The summed E-state index contributed by atoms with van der Waals surface area (Å²) in [7, 11) is 0. The van der Waals surface area contributed by atoms with E-state index >= 15 is 4.39 Å². The summed E-state index contributed by atoms with van der Waals surface area (Å²) in [6.07, 6.45) is 8.59. The van der Waals surface area contributed by atoms with Gasteiger partial charge in [0, 0.05) is 42.2 Å². The van der Waals surface area contributed by atoms with Gasteiger partial charge in [-0.1, -0.05) is 17.3 Å². The first-order chi connectivity index (χ1) is 19.7. The topological polar surface area (TPSA) is 118 Å². The lowest BCUT2D eigenvalue weighted by Crippen LogP contribution is -2.49. The fraction of sp³-hybridized carbons (Fsp3) is 0.172. The normalized spacial score (nSPS) is 15.5. The Morgan fingerprint density at radius 2 is 2.00 bits per heavy atom. The fourth-order valence-electron chi connectivity index (χ4n) is 5.31. The van der Waals surface area contributed by atoms with Crippen LogP contribution in [0.15, 0.2) is 79.4 Å². The van der Waals surface area contributed by atoms with Gasteiger partial charge in [0.2, 0.25) is 0 Å². The van der Waals surface area contributed by atoms with Crippen LogP contribution in [-0.4, -0.2) is 60.2 Å². The van der Waals surface area contributed by atoms with Gasteiger partial charge in [-0.25, -0.2) is 14.4 Å². The Labute approximate surface area is 227 Å². The number of anilines is 1. The fourth-order valence-corrected chi connectivity index (χ4v) is 5.31. The third-order valence-corrected chi connectivity index (χ3v) is 7.29. The molecule has 1 aliphatic rings. The molecule has 0 bridgehead atoms. The highest BCUT2D eigenvalue weighted by molar-refractivity contribution is 6.10. The number of nitrogens with zero attached hydrogens (tertiary/aromatic N) is 7. The molecule has 198 valence electrons. The van der Waals surface area contributed by atoms with Crippen molar-refractivity contribution in [2.45, 2.75) is 18.9 Å². The van der Waals surface area contributed by atoms with E-state index in [0.717, 1.165) is 41.3 Å². The summed E-state index contributed by atoms with van der Waals surface area (Å²) < 4.78 is 17.1. The van der Waals surface area contributed by atoms with Crippen LogP contribution in [0.25, 0.3) is 38.8 Å².